The first-order valence-corrected chi connectivity index (χ1v) is 9.57. The molecule has 0 saturated heterocycles. The Hall–Kier alpha value is -4.12. The molecule has 1 heterocycles. The van der Waals surface area contributed by atoms with E-state index in [4.69, 9.17) is 9.47 Å². The highest BCUT2D eigenvalue weighted by molar-refractivity contribution is 6.06. The number of hydrogen-bond donors (Lipinski definition) is 1. The lowest BCUT2D eigenvalue weighted by molar-refractivity contribution is -0.143. The Morgan fingerprint density at radius 1 is 1.23 bits per heavy atom. The average molecular weight is 419 g/mol. The zero-order chi connectivity index (χ0) is 22.4. The summed E-state index contributed by atoms with van der Waals surface area (Å²) in [5.74, 6) is -0.965. The lowest BCUT2D eigenvalue weighted by atomic mass is 10.1. The van der Waals surface area contributed by atoms with Gasteiger partial charge in [-0.2, -0.15) is 5.26 Å². The standard InChI is InChI=1S/C23H21N3O5/c1-15-11-21(27)25-19-5-3-4-6-20(19)26(15)22(28)14-31-23(29)17(13-24)12-16-7-9-18(30-2)10-8-16/h3-10,12,15H,11,14H2,1-2H3,(H,25,27)/b17-12+/t15-/m1/s1. The van der Waals surface area contributed by atoms with Crippen molar-refractivity contribution < 1.29 is 23.9 Å². The highest BCUT2D eigenvalue weighted by Gasteiger charge is 2.30. The number of hydrogen-bond acceptors (Lipinski definition) is 6. The Bertz CT molecular complexity index is 1070. The van der Waals surface area contributed by atoms with E-state index in [1.165, 1.54) is 18.1 Å². The Morgan fingerprint density at radius 2 is 1.94 bits per heavy atom. The van der Waals surface area contributed by atoms with E-state index in [2.05, 4.69) is 5.32 Å². The molecule has 1 aliphatic heterocycles. The molecule has 2 amide bonds. The number of fused-ring (bicyclic) bond motifs is 1. The molecule has 8 nitrogen and oxygen atoms in total. The molecule has 3 rings (SSSR count). The number of amides is 2. The number of methoxy groups -OCH3 is 1. The second-order valence-electron chi connectivity index (χ2n) is 6.90. The molecule has 158 valence electrons. The molecular formula is C23H21N3O5. The number of carbonyl (C=O) groups excluding carboxylic acids is 3. The second-order valence-corrected chi connectivity index (χ2v) is 6.90. The molecule has 0 unspecified atom stereocenters. The number of rotatable bonds is 5. The first-order valence-electron chi connectivity index (χ1n) is 9.57. The summed E-state index contributed by atoms with van der Waals surface area (Å²) in [5.41, 5.74) is 1.41. The minimum absolute atomic E-state index is 0.106. The van der Waals surface area contributed by atoms with Crippen molar-refractivity contribution in [3.05, 3.63) is 59.7 Å². The molecule has 0 saturated carbocycles. The highest BCUT2D eigenvalue weighted by atomic mass is 16.5. The molecular weight excluding hydrogens is 398 g/mol. The number of nitriles is 1. The lowest BCUT2D eigenvalue weighted by Gasteiger charge is -2.27. The van der Waals surface area contributed by atoms with Crippen LogP contribution in [0.15, 0.2) is 54.1 Å². The average Bonchev–Trinajstić information content (AvgIpc) is 2.90. The van der Waals surface area contributed by atoms with E-state index in [-0.39, 0.29) is 17.9 Å². The van der Waals surface area contributed by atoms with Gasteiger partial charge in [-0.3, -0.25) is 9.59 Å². The van der Waals surface area contributed by atoms with Crippen LogP contribution < -0.4 is 15.0 Å². The number of esters is 1. The first kappa shape index (κ1) is 21.6. The fourth-order valence-electron chi connectivity index (χ4n) is 3.25. The Balaban J connectivity index is 1.73. The van der Waals surface area contributed by atoms with Crippen molar-refractivity contribution in [1.82, 2.24) is 0 Å². The van der Waals surface area contributed by atoms with Gasteiger partial charge < -0.3 is 19.7 Å². The predicted molar refractivity (Wildman–Crippen MR) is 114 cm³/mol. The molecule has 0 aliphatic carbocycles. The van der Waals surface area contributed by atoms with E-state index in [9.17, 15) is 19.6 Å². The minimum Gasteiger partial charge on any atom is -0.497 e. The van der Waals surface area contributed by atoms with Crippen LogP contribution in [0, 0.1) is 11.3 Å². The third-order valence-corrected chi connectivity index (χ3v) is 4.72. The van der Waals surface area contributed by atoms with Gasteiger partial charge in [-0.1, -0.05) is 24.3 Å². The first-order chi connectivity index (χ1) is 14.9. The van der Waals surface area contributed by atoms with Crippen LogP contribution in [0.3, 0.4) is 0 Å². The van der Waals surface area contributed by atoms with Gasteiger partial charge in [-0.25, -0.2) is 4.79 Å². The van der Waals surface area contributed by atoms with Gasteiger partial charge in [-0.15, -0.1) is 0 Å². The number of nitrogens with zero attached hydrogens (tertiary/aromatic N) is 2. The van der Waals surface area contributed by atoms with Gasteiger partial charge in [0.15, 0.2) is 6.61 Å². The lowest BCUT2D eigenvalue weighted by Crippen LogP contribution is -2.41. The van der Waals surface area contributed by atoms with E-state index >= 15 is 0 Å². The fraction of sp³-hybridized carbons (Fsp3) is 0.217. The topological polar surface area (TPSA) is 109 Å². The monoisotopic (exact) mass is 419 g/mol. The summed E-state index contributed by atoms with van der Waals surface area (Å²) >= 11 is 0. The summed E-state index contributed by atoms with van der Waals surface area (Å²) in [4.78, 5) is 38.7. The molecule has 0 radical (unpaired) electrons. The fourth-order valence-corrected chi connectivity index (χ4v) is 3.25. The van der Waals surface area contributed by atoms with E-state index in [0.717, 1.165) is 0 Å². The van der Waals surface area contributed by atoms with Crippen LogP contribution in [0.2, 0.25) is 0 Å². The van der Waals surface area contributed by atoms with Crippen molar-refractivity contribution in [2.45, 2.75) is 19.4 Å². The van der Waals surface area contributed by atoms with E-state index in [1.54, 1.807) is 61.5 Å². The molecule has 1 N–H and O–H groups in total. The van der Waals surface area contributed by atoms with Gasteiger partial charge in [0, 0.05) is 12.5 Å². The summed E-state index contributed by atoms with van der Waals surface area (Å²) < 4.78 is 10.2. The van der Waals surface area contributed by atoms with Crippen molar-refractivity contribution >= 4 is 35.2 Å². The van der Waals surface area contributed by atoms with Crippen LogP contribution >= 0.6 is 0 Å². The number of ether oxygens (including phenoxy) is 2. The third kappa shape index (κ3) is 5.08. The van der Waals surface area contributed by atoms with Crippen LogP contribution in [0.25, 0.3) is 6.08 Å². The van der Waals surface area contributed by atoms with Crippen molar-refractivity contribution in [2.24, 2.45) is 0 Å². The Kier molecular flexibility index (Phi) is 6.67. The molecule has 8 heteroatoms. The number of carbonyl (C=O) groups is 3. The van der Waals surface area contributed by atoms with Crippen LogP contribution in [0.1, 0.15) is 18.9 Å². The van der Waals surface area contributed by atoms with Gasteiger partial charge in [0.25, 0.3) is 5.91 Å². The zero-order valence-corrected chi connectivity index (χ0v) is 17.1. The maximum absolute atomic E-state index is 12.9. The molecule has 0 fully saturated rings. The van der Waals surface area contributed by atoms with Crippen LogP contribution in [0.4, 0.5) is 11.4 Å². The normalized spacial score (nSPS) is 15.8. The molecule has 2 aromatic carbocycles. The summed E-state index contributed by atoms with van der Waals surface area (Å²) in [6.07, 6.45) is 1.48. The number of anilines is 2. The number of nitrogens with one attached hydrogen (secondary N) is 1. The van der Waals surface area contributed by atoms with Crippen molar-refractivity contribution in [3.8, 4) is 11.8 Å². The quantitative estimate of drug-likeness (QED) is 0.453. The van der Waals surface area contributed by atoms with E-state index in [0.29, 0.717) is 22.7 Å². The van der Waals surface area contributed by atoms with Crippen LogP contribution in [-0.2, 0) is 19.1 Å². The van der Waals surface area contributed by atoms with Gasteiger partial charge in [0.05, 0.1) is 18.5 Å². The highest BCUT2D eigenvalue weighted by Crippen LogP contribution is 2.31. The maximum atomic E-state index is 12.9. The van der Waals surface area contributed by atoms with Gasteiger partial charge >= 0.3 is 5.97 Å². The summed E-state index contributed by atoms with van der Waals surface area (Å²) in [6, 6.07) is 15.0. The van der Waals surface area contributed by atoms with Gasteiger partial charge in [-0.05, 0) is 42.8 Å². The molecule has 31 heavy (non-hydrogen) atoms. The second kappa shape index (κ2) is 9.59. The number of para-hydroxylation sites is 2. The molecule has 0 spiro atoms. The van der Waals surface area contributed by atoms with Gasteiger partial charge in [0.1, 0.15) is 17.4 Å². The van der Waals surface area contributed by atoms with E-state index < -0.39 is 24.5 Å². The summed E-state index contributed by atoms with van der Waals surface area (Å²) in [7, 11) is 1.54. The summed E-state index contributed by atoms with van der Waals surface area (Å²) in [6.45, 7) is 1.18. The van der Waals surface area contributed by atoms with Crippen LogP contribution in [-0.4, -0.2) is 37.5 Å². The molecule has 0 bridgehead atoms. The SMILES string of the molecule is COc1ccc(/C=C(\C#N)C(=O)OCC(=O)N2c3ccccc3NC(=O)C[C@H]2C)cc1. The molecule has 2 aromatic rings. The maximum Gasteiger partial charge on any atom is 0.349 e. The van der Waals surface area contributed by atoms with Crippen LogP contribution in [0.5, 0.6) is 5.75 Å². The van der Waals surface area contributed by atoms with Crippen molar-refractivity contribution in [2.75, 3.05) is 23.9 Å². The predicted octanol–water partition coefficient (Wildman–Crippen LogP) is 2.91. The van der Waals surface area contributed by atoms with Crippen molar-refractivity contribution in [3.63, 3.8) is 0 Å². The minimum atomic E-state index is -0.906. The number of benzene rings is 2. The van der Waals surface area contributed by atoms with Gasteiger partial charge in [0.2, 0.25) is 5.91 Å². The Morgan fingerprint density at radius 3 is 2.61 bits per heavy atom. The van der Waals surface area contributed by atoms with E-state index in [1.807, 2.05) is 0 Å². The molecule has 1 aliphatic rings. The smallest absolute Gasteiger partial charge is 0.349 e. The molecule has 0 aromatic heterocycles. The summed E-state index contributed by atoms with van der Waals surface area (Å²) in [5, 5.41) is 12.1. The zero-order valence-electron chi connectivity index (χ0n) is 17.1. The molecule has 1 atom stereocenters. The van der Waals surface area contributed by atoms with Crippen molar-refractivity contribution in [1.29, 1.82) is 5.26 Å². The largest absolute Gasteiger partial charge is 0.497 e. The Labute approximate surface area is 179 Å². The third-order valence-electron chi connectivity index (χ3n) is 4.72.